The molecule has 158 valence electrons. The number of aliphatic imine (C=N–C) groups is 1. The molecule has 0 bridgehead atoms. The summed E-state index contributed by atoms with van der Waals surface area (Å²) in [6.45, 7) is 0. The van der Waals surface area contributed by atoms with Crippen molar-refractivity contribution >= 4 is 17.4 Å². The summed E-state index contributed by atoms with van der Waals surface area (Å²) in [5, 5.41) is 28.6. The highest BCUT2D eigenvalue weighted by molar-refractivity contribution is 6.04. The number of carbonyl (C=O) groups excluding carboxylic acids is 1. The number of halogens is 2. The van der Waals surface area contributed by atoms with E-state index in [2.05, 4.69) is 20.0 Å². The molecule has 0 unspecified atom stereocenters. The molecule has 1 heterocycles. The van der Waals surface area contributed by atoms with Crippen molar-refractivity contribution in [3.8, 4) is 5.88 Å². The number of aliphatic hydroxyl groups is 3. The van der Waals surface area contributed by atoms with Crippen LogP contribution in [0.25, 0.3) is 0 Å². The fraction of sp³-hybridized carbons (Fsp3) is 0.211. The predicted molar refractivity (Wildman–Crippen MR) is 101 cm³/mol. The van der Waals surface area contributed by atoms with Crippen molar-refractivity contribution in [2.45, 2.75) is 24.4 Å². The summed E-state index contributed by atoms with van der Waals surface area (Å²) >= 11 is 0. The third kappa shape index (κ3) is 4.95. The maximum Gasteiger partial charge on any atom is 0.454 e. The predicted octanol–water partition coefficient (Wildman–Crippen LogP) is 0.868. The van der Waals surface area contributed by atoms with Gasteiger partial charge in [-0.2, -0.15) is 4.99 Å². The first-order valence-electron chi connectivity index (χ1n) is 8.69. The number of hydrogen-bond acceptors (Lipinski definition) is 7. The van der Waals surface area contributed by atoms with Crippen molar-refractivity contribution in [3.63, 3.8) is 0 Å². The summed E-state index contributed by atoms with van der Waals surface area (Å²) in [5.41, 5.74) is 5.13. The minimum Gasteiger partial charge on any atom is -0.396 e. The van der Waals surface area contributed by atoms with E-state index in [1.807, 2.05) is 0 Å². The molecule has 0 spiro atoms. The lowest BCUT2D eigenvalue weighted by Crippen LogP contribution is -2.35. The van der Waals surface area contributed by atoms with Gasteiger partial charge >= 0.3 is 6.16 Å². The molecular formula is C19H18F2N4O5. The third-order valence-electron chi connectivity index (χ3n) is 4.32. The monoisotopic (exact) mass is 420 g/mol. The lowest BCUT2D eigenvalue weighted by Gasteiger charge is -2.14. The Morgan fingerprint density at radius 1 is 1.27 bits per heavy atom. The lowest BCUT2D eigenvalue weighted by atomic mass is 9.94. The summed E-state index contributed by atoms with van der Waals surface area (Å²) in [6, 6.07) is 6.91. The third-order valence-corrected chi connectivity index (χ3v) is 4.32. The van der Waals surface area contributed by atoms with E-state index in [9.17, 15) is 13.6 Å². The number of aromatic nitrogens is 1. The number of amides is 1. The van der Waals surface area contributed by atoms with Crippen LogP contribution >= 0.6 is 0 Å². The van der Waals surface area contributed by atoms with E-state index in [-0.39, 0.29) is 17.1 Å². The van der Waals surface area contributed by atoms with Gasteiger partial charge in [-0.3, -0.25) is 4.79 Å². The van der Waals surface area contributed by atoms with Gasteiger partial charge in [-0.15, -0.1) is 0 Å². The Morgan fingerprint density at radius 2 is 1.97 bits per heavy atom. The molecule has 0 aliphatic heterocycles. The van der Waals surface area contributed by atoms with Gasteiger partial charge in [0.25, 0.3) is 11.8 Å². The van der Waals surface area contributed by atoms with E-state index in [1.165, 1.54) is 24.4 Å². The molecule has 1 amide bonds. The van der Waals surface area contributed by atoms with E-state index in [4.69, 9.17) is 21.1 Å². The molecule has 30 heavy (non-hydrogen) atoms. The van der Waals surface area contributed by atoms with Crippen molar-refractivity contribution in [2.24, 2.45) is 10.7 Å². The van der Waals surface area contributed by atoms with E-state index in [0.29, 0.717) is 12.8 Å². The number of ether oxygens (including phenoxy) is 1. The van der Waals surface area contributed by atoms with Crippen molar-refractivity contribution in [2.75, 3.05) is 5.32 Å². The maximum atomic E-state index is 14.0. The number of carbonyl (C=O) groups is 1. The van der Waals surface area contributed by atoms with Crippen LogP contribution in [0.1, 0.15) is 18.4 Å². The second kappa shape index (κ2) is 8.14. The highest BCUT2D eigenvalue weighted by Gasteiger charge is 2.52. The van der Waals surface area contributed by atoms with Gasteiger partial charge in [0, 0.05) is 17.8 Å². The Hall–Kier alpha value is -3.41. The van der Waals surface area contributed by atoms with Gasteiger partial charge in [0.15, 0.2) is 5.82 Å². The highest BCUT2D eigenvalue weighted by Crippen LogP contribution is 2.50. The van der Waals surface area contributed by atoms with E-state index >= 15 is 0 Å². The van der Waals surface area contributed by atoms with Crippen LogP contribution in [0, 0.1) is 11.6 Å². The van der Waals surface area contributed by atoms with Gasteiger partial charge in [-0.25, -0.2) is 13.8 Å². The zero-order valence-corrected chi connectivity index (χ0v) is 15.4. The minimum absolute atomic E-state index is 0.125. The highest BCUT2D eigenvalue weighted by atomic mass is 19.1. The van der Waals surface area contributed by atoms with Crippen LogP contribution < -0.4 is 15.8 Å². The summed E-state index contributed by atoms with van der Waals surface area (Å²) in [5.74, 6) is -3.10. The molecular weight excluding hydrogens is 402 g/mol. The van der Waals surface area contributed by atoms with Gasteiger partial charge in [-0.05, 0) is 25.0 Å². The topological polar surface area (TPSA) is 150 Å². The standard InChI is InChI=1S/C19H18F2N4O5/c20-13-4-2-1-3-12(13)18(6-7-18)17(26)25-15(22)5-8-23-11-9-14(21)16(24-10-11)30-19(27,28)29/h1-5,8-10,23,27-29H,6-7H2,(H2,22,25,26)/b8-5-. The molecule has 0 saturated heterocycles. The Bertz CT molecular complexity index is 1020. The van der Waals surface area contributed by atoms with Crippen LogP contribution in [-0.4, -0.2) is 38.2 Å². The number of nitrogens with one attached hydrogen (secondary N) is 1. The van der Waals surface area contributed by atoms with E-state index < -0.39 is 35.0 Å². The Balaban J connectivity index is 1.64. The molecule has 1 aromatic carbocycles. The molecule has 11 heteroatoms. The smallest absolute Gasteiger partial charge is 0.396 e. The van der Waals surface area contributed by atoms with Gasteiger partial charge in [-0.1, -0.05) is 18.2 Å². The molecule has 1 fully saturated rings. The first-order chi connectivity index (χ1) is 14.1. The fourth-order valence-corrected chi connectivity index (χ4v) is 2.77. The van der Waals surface area contributed by atoms with Crippen LogP contribution in [0.2, 0.25) is 0 Å². The zero-order chi connectivity index (χ0) is 21.9. The van der Waals surface area contributed by atoms with Crippen LogP contribution in [0.5, 0.6) is 5.88 Å². The largest absolute Gasteiger partial charge is 0.454 e. The average Bonchev–Trinajstić information content (AvgIpc) is 3.45. The van der Waals surface area contributed by atoms with Gasteiger partial charge in [0.2, 0.25) is 0 Å². The molecule has 0 radical (unpaired) electrons. The number of hydrogen-bond donors (Lipinski definition) is 5. The molecule has 9 nitrogen and oxygen atoms in total. The van der Waals surface area contributed by atoms with Crippen LogP contribution in [0.15, 0.2) is 53.8 Å². The Morgan fingerprint density at radius 3 is 2.57 bits per heavy atom. The fourth-order valence-electron chi connectivity index (χ4n) is 2.77. The lowest BCUT2D eigenvalue weighted by molar-refractivity contribution is -0.421. The molecule has 2 aromatic rings. The molecule has 3 rings (SSSR count). The first-order valence-corrected chi connectivity index (χ1v) is 8.69. The van der Waals surface area contributed by atoms with Gasteiger partial charge in [0.1, 0.15) is 11.7 Å². The van der Waals surface area contributed by atoms with Crippen molar-refractivity contribution < 1.29 is 33.6 Å². The molecule has 1 saturated carbocycles. The van der Waals surface area contributed by atoms with Crippen LogP contribution in [-0.2, 0) is 10.2 Å². The molecule has 1 aliphatic rings. The second-order valence-corrected chi connectivity index (χ2v) is 6.57. The molecule has 0 atom stereocenters. The number of amidine groups is 1. The second-order valence-electron chi connectivity index (χ2n) is 6.57. The number of anilines is 1. The van der Waals surface area contributed by atoms with E-state index in [1.54, 1.807) is 12.1 Å². The summed E-state index contributed by atoms with van der Waals surface area (Å²) < 4.78 is 31.9. The van der Waals surface area contributed by atoms with Crippen molar-refractivity contribution in [3.05, 3.63) is 66.0 Å². The SMILES string of the molecule is NC(/C=C\Nc1cnc(OC(O)(O)O)c(F)c1)=NC(=O)C1(c2ccccc2F)CC1. The Kier molecular flexibility index (Phi) is 5.78. The summed E-state index contributed by atoms with van der Waals surface area (Å²) in [4.78, 5) is 19.8. The zero-order valence-electron chi connectivity index (χ0n) is 15.4. The minimum atomic E-state index is -3.57. The molecule has 1 aromatic heterocycles. The number of pyridine rings is 1. The quantitative estimate of drug-likeness (QED) is 0.252. The molecule has 1 aliphatic carbocycles. The first kappa shape index (κ1) is 21.3. The number of rotatable bonds is 7. The van der Waals surface area contributed by atoms with Crippen LogP contribution in [0.3, 0.4) is 0 Å². The summed E-state index contributed by atoms with van der Waals surface area (Å²) in [7, 11) is 0. The number of nitrogens with two attached hydrogens (primary N) is 1. The number of benzene rings is 1. The van der Waals surface area contributed by atoms with Gasteiger partial charge < -0.3 is 31.1 Å². The van der Waals surface area contributed by atoms with Crippen molar-refractivity contribution in [1.82, 2.24) is 4.98 Å². The Labute approximate surface area is 169 Å². The normalized spacial score (nSPS) is 15.8. The van der Waals surface area contributed by atoms with E-state index in [0.717, 1.165) is 12.3 Å². The van der Waals surface area contributed by atoms with Gasteiger partial charge in [0.05, 0.1) is 17.3 Å². The van der Waals surface area contributed by atoms with Crippen LogP contribution in [0.4, 0.5) is 14.5 Å². The number of nitrogens with zero attached hydrogens (tertiary/aromatic N) is 2. The average molecular weight is 420 g/mol. The summed E-state index contributed by atoms with van der Waals surface area (Å²) in [6.07, 6.45) is 0.966. The maximum absolute atomic E-state index is 14.0. The molecule has 6 N–H and O–H groups in total. The van der Waals surface area contributed by atoms with Crippen molar-refractivity contribution in [1.29, 1.82) is 0 Å².